The van der Waals surface area contributed by atoms with Crippen molar-refractivity contribution in [1.29, 1.82) is 0 Å². The number of unbranched alkanes of at least 4 members (excludes halogenated alkanes) is 2. The van der Waals surface area contributed by atoms with Crippen molar-refractivity contribution in [3.05, 3.63) is 119 Å². The van der Waals surface area contributed by atoms with Crippen LogP contribution in [0.5, 0.6) is 11.5 Å². The molecule has 1 saturated heterocycles. The zero-order valence-electron chi connectivity index (χ0n) is 44.1. The van der Waals surface area contributed by atoms with E-state index in [-0.39, 0.29) is 37.8 Å². The van der Waals surface area contributed by atoms with E-state index in [4.69, 9.17) is 42.4 Å². The van der Waals surface area contributed by atoms with Gasteiger partial charge in [0, 0.05) is 48.3 Å². The van der Waals surface area contributed by atoms with Gasteiger partial charge in [0.2, 0.25) is 6.54 Å². The average molecular weight is 1020 g/mol. The number of ether oxygens (including phenoxy) is 4. The van der Waals surface area contributed by atoms with Crippen molar-refractivity contribution in [2.75, 3.05) is 40.5 Å². The molecule has 1 aliphatic heterocycles. The molecule has 3 aromatic rings. The molecule has 0 bridgehead atoms. The normalized spacial score (nSPS) is 15.1. The fourth-order valence-corrected chi connectivity index (χ4v) is 9.52. The van der Waals surface area contributed by atoms with Crippen molar-refractivity contribution in [3.63, 3.8) is 0 Å². The van der Waals surface area contributed by atoms with Crippen LogP contribution in [0.25, 0.3) is 4.85 Å². The lowest BCUT2D eigenvalue weighted by Crippen LogP contribution is -2.41. The number of methoxy groups -OCH3 is 2. The van der Waals surface area contributed by atoms with Crippen LogP contribution >= 0.6 is 8.53 Å². The van der Waals surface area contributed by atoms with Gasteiger partial charge in [0.15, 0.2) is 0 Å². The Labute approximate surface area is 454 Å². The Bertz CT molecular complexity index is 3070. The SMILES string of the molecule is [B][C@@H]1O[C@H](COC(c2ccccc2)(c2ccc(OC)cc2)c2ccc(OC)cc2)C(OP(OCC[N+]#[C-])N(C(C)C)C(C)C)[C@@H]1C/C=C/CCCCNC(=O)C#CC#CC#CC#CC#CC#CC#CC#CC#CC#CC. The molecule has 4 rings (SSSR count). The van der Waals surface area contributed by atoms with Crippen LogP contribution in [0.1, 0.15) is 77.0 Å². The van der Waals surface area contributed by atoms with Crippen LogP contribution in [-0.2, 0) is 28.9 Å². The summed E-state index contributed by atoms with van der Waals surface area (Å²) in [6, 6.07) is 25.3. The predicted molar refractivity (Wildman–Crippen MR) is 302 cm³/mol. The molecule has 76 heavy (non-hydrogen) atoms. The standard InChI is InChI=1S/C64H59BN3O7P/c1-9-10-11-12-13-14-15-16-17-18-19-20-21-22-23-24-25-28-34-39-61(69)67-48-35-29-26-27-33-38-59-62(75-76(73-50-49-66-6)68(52(2)3)53(4)5)60(74-63(59)65)51-72-64(54-36-31-30-32-37-54,55-40-44-57(70-7)45-41-55)56-42-46-58(71-8)47-43-56/h27,30-33,36-37,40-47,52-53,59-60,62-63H,26,29,35,38,48-51H2,1-5,7-8H3,(H,67,69)/b33-27+/t59-,60+,62?,63+,76?/m0/s1. The third-order valence-electron chi connectivity index (χ3n) is 11.1. The van der Waals surface area contributed by atoms with Gasteiger partial charge in [-0.25, -0.2) is 11.2 Å². The zero-order valence-corrected chi connectivity index (χ0v) is 45.0. The van der Waals surface area contributed by atoms with Gasteiger partial charge in [0.25, 0.3) is 14.4 Å². The highest BCUT2D eigenvalue weighted by molar-refractivity contribution is 7.44. The molecule has 10 nitrogen and oxygen atoms in total. The number of carbonyl (C=O) groups excluding carboxylic acids is 1. The summed E-state index contributed by atoms with van der Waals surface area (Å²) in [6.07, 6.45) is 5.96. The van der Waals surface area contributed by atoms with Gasteiger partial charge in [0.05, 0.1) is 26.9 Å². The Balaban J connectivity index is 1.44. The predicted octanol–water partition coefficient (Wildman–Crippen LogP) is 8.48. The molecule has 0 aromatic heterocycles. The van der Waals surface area contributed by atoms with Crippen molar-refractivity contribution in [1.82, 2.24) is 9.99 Å². The van der Waals surface area contributed by atoms with Crippen LogP contribution in [0.4, 0.5) is 0 Å². The first kappa shape index (κ1) is 60.4. The van der Waals surface area contributed by atoms with E-state index >= 15 is 0 Å². The minimum absolute atomic E-state index is 0.0768. The minimum Gasteiger partial charge on any atom is -0.497 e. The van der Waals surface area contributed by atoms with E-state index in [1.165, 1.54) is 0 Å². The van der Waals surface area contributed by atoms with Crippen LogP contribution in [-0.4, -0.2) is 89.2 Å². The van der Waals surface area contributed by atoms with Gasteiger partial charge in [-0.3, -0.25) is 4.79 Å². The molecule has 0 spiro atoms. The molecular formula is C64H59BN3O7P. The van der Waals surface area contributed by atoms with Gasteiger partial charge in [0.1, 0.15) is 37.7 Å². The van der Waals surface area contributed by atoms with Crippen molar-refractivity contribution in [3.8, 4) is 130 Å². The Morgan fingerprint density at radius 2 is 1.24 bits per heavy atom. The van der Waals surface area contributed by atoms with Gasteiger partial charge in [-0.2, -0.15) is 0 Å². The lowest BCUT2D eigenvalue weighted by atomic mass is 9.79. The number of amides is 1. The molecule has 2 radical (unpaired) electrons. The van der Waals surface area contributed by atoms with E-state index in [0.717, 1.165) is 36.0 Å². The molecular weight excluding hydrogens is 965 g/mol. The number of hydrogen-bond donors (Lipinski definition) is 1. The van der Waals surface area contributed by atoms with E-state index in [1.54, 1.807) is 21.1 Å². The van der Waals surface area contributed by atoms with Crippen molar-refractivity contribution >= 4 is 22.3 Å². The molecule has 3 aromatic carbocycles. The van der Waals surface area contributed by atoms with E-state index < -0.39 is 38.2 Å². The highest BCUT2D eigenvalue weighted by Crippen LogP contribution is 2.51. The maximum Gasteiger partial charge on any atom is 0.296 e. The quantitative estimate of drug-likeness (QED) is 0.0193. The van der Waals surface area contributed by atoms with Crippen LogP contribution in [0.15, 0.2) is 91.0 Å². The molecule has 1 amide bonds. The molecule has 0 saturated carbocycles. The average Bonchev–Trinajstić information content (AvgIpc) is 3.75. The fraction of sp³-hybridized carbons (Fsp3) is 0.344. The topological polar surface area (TPSA) is 92.1 Å². The fourth-order valence-electron chi connectivity index (χ4n) is 7.72. The highest BCUT2D eigenvalue weighted by Gasteiger charge is 2.47. The number of carbonyl (C=O) groups is 1. The monoisotopic (exact) mass is 1020 g/mol. The second kappa shape index (κ2) is 35.1. The van der Waals surface area contributed by atoms with Gasteiger partial charge >= 0.3 is 0 Å². The molecule has 1 aliphatic rings. The first-order chi connectivity index (χ1) is 37.1. The van der Waals surface area contributed by atoms with Crippen LogP contribution in [0.3, 0.4) is 0 Å². The van der Waals surface area contributed by atoms with Gasteiger partial charge < -0.3 is 38.2 Å². The van der Waals surface area contributed by atoms with E-state index in [2.05, 4.69) is 185 Å². The Kier molecular flexibility index (Phi) is 27.9. The van der Waals surface area contributed by atoms with Crippen molar-refractivity contribution < 1.29 is 32.8 Å². The van der Waals surface area contributed by atoms with Gasteiger partial charge in [-0.15, -0.1) is 0 Å². The lowest BCUT2D eigenvalue weighted by Gasteiger charge is -2.39. The van der Waals surface area contributed by atoms with Gasteiger partial charge in [-0.05, 0) is 196 Å². The number of benzene rings is 3. The summed E-state index contributed by atoms with van der Waals surface area (Å²) in [5, 5.41) is 2.80. The van der Waals surface area contributed by atoms with E-state index in [9.17, 15) is 4.79 Å². The number of nitrogens with zero attached hydrogens (tertiary/aromatic N) is 2. The number of hydrogen-bond acceptors (Lipinski definition) is 8. The first-order valence-corrected chi connectivity index (χ1v) is 25.7. The zero-order chi connectivity index (χ0) is 54.6. The van der Waals surface area contributed by atoms with E-state index in [1.807, 2.05) is 66.7 Å². The molecule has 12 heteroatoms. The molecule has 5 atom stereocenters. The summed E-state index contributed by atoms with van der Waals surface area (Å²) in [7, 11) is 8.54. The second-order valence-electron chi connectivity index (χ2n) is 16.8. The Hall–Kier alpha value is -8.15. The summed E-state index contributed by atoms with van der Waals surface area (Å²) in [4.78, 5) is 15.8. The van der Waals surface area contributed by atoms with Crippen LogP contribution in [0, 0.1) is 131 Å². The molecule has 1 fully saturated rings. The van der Waals surface area contributed by atoms with Gasteiger partial charge in [-0.1, -0.05) is 72.7 Å². The summed E-state index contributed by atoms with van der Waals surface area (Å²) in [5.41, 5.74) is 1.56. The van der Waals surface area contributed by atoms with E-state index in [0.29, 0.717) is 24.5 Å². The summed E-state index contributed by atoms with van der Waals surface area (Å²) < 4.78 is 40.9. The van der Waals surface area contributed by atoms with Crippen molar-refractivity contribution in [2.24, 2.45) is 5.92 Å². The largest absolute Gasteiger partial charge is 0.497 e. The maximum atomic E-state index is 12.3. The third kappa shape index (κ3) is 20.3. The van der Waals surface area contributed by atoms with Crippen molar-refractivity contribution in [2.45, 2.75) is 96.2 Å². The summed E-state index contributed by atoms with van der Waals surface area (Å²) in [6.45, 7) is 18.5. The highest BCUT2D eigenvalue weighted by atomic mass is 31.2. The number of allylic oxidation sites excluding steroid dienone is 2. The molecule has 380 valence electrons. The molecule has 2 unspecified atom stereocenters. The minimum atomic E-state index is -1.66. The molecule has 1 heterocycles. The van der Waals surface area contributed by atoms with Crippen LogP contribution in [0.2, 0.25) is 0 Å². The lowest BCUT2D eigenvalue weighted by molar-refractivity contribution is -0.115. The molecule has 1 N–H and O–H groups in total. The Morgan fingerprint density at radius 1 is 0.737 bits per heavy atom. The summed E-state index contributed by atoms with van der Waals surface area (Å²) in [5.74, 6) is 51.4. The van der Waals surface area contributed by atoms with Crippen LogP contribution < -0.4 is 14.8 Å². The number of rotatable bonds is 23. The first-order valence-electron chi connectivity index (χ1n) is 24.6. The Morgan fingerprint density at radius 3 is 1.72 bits per heavy atom. The molecule has 0 aliphatic carbocycles. The third-order valence-corrected chi connectivity index (χ3v) is 13.2. The number of nitrogens with one attached hydrogen (secondary N) is 1. The second-order valence-corrected chi connectivity index (χ2v) is 18.2. The summed E-state index contributed by atoms with van der Waals surface area (Å²) >= 11 is 0. The smallest absolute Gasteiger partial charge is 0.296 e. The maximum absolute atomic E-state index is 12.3.